The maximum Gasteiger partial charge on any atom is 0.390 e. The number of alkyl halides is 3. The second kappa shape index (κ2) is 6.07. The van der Waals surface area contributed by atoms with Gasteiger partial charge >= 0.3 is 12.1 Å². The lowest BCUT2D eigenvalue weighted by Gasteiger charge is -2.08. The van der Waals surface area contributed by atoms with Crippen molar-refractivity contribution < 1.29 is 22.7 Å². The number of thiophene rings is 1. The van der Waals surface area contributed by atoms with Gasteiger partial charge in [-0.15, -0.1) is 11.3 Å². The number of hydrogen-bond acceptors (Lipinski definition) is 5. The molecule has 0 aromatic carbocycles. The van der Waals surface area contributed by atoms with Crippen LogP contribution in [0.1, 0.15) is 28.6 Å². The van der Waals surface area contributed by atoms with Crippen molar-refractivity contribution in [3.05, 3.63) is 27.1 Å². The number of fused-ring (bicyclic) bond motifs is 1. The predicted molar refractivity (Wildman–Crippen MR) is 75.2 cm³/mol. The van der Waals surface area contributed by atoms with Crippen LogP contribution in [0.3, 0.4) is 0 Å². The van der Waals surface area contributed by atoms with Gasteiger partial charge in [0, 0.05) is 6.54 Å². The zero-order valence-corrected chi connectivity index (χ0v) is 12.7. The fraction of sp³-hybridized carbons (Fsp3) is 0.462. The van der Waals surface area contributed by atoms with E-state index in [0.29, 0.717) is 10.4 Å². The molecule has 0 atom stereocenters. The highest BCUT2D eigenvalue weighted by molar-refractivity contribution is 7.20. The lowest BCUT2D eigenvalue weighted by molar-refractivity contribution is -0.136. The summed E-state index contributed by atoms with van der Waals surface area (Å²) in [5.74, 6) is -0.566. The van der Waals surface area contributed by atoms with Crippen LogP contribution in [0.4, 0.5) is 13.2 Å². The Balaban J connectivity index is 2.45. The fourth-order valence-corrected chi connectivity index (χ4v) is 2.99. The second-order valence-corrected chi connectivity index (χ2v) is 5.56. The highest BCUT2D eigenvalue weighted by Gasteiger charge is 2.27. The normalized spacial score (nSPS) is 11.9. The average Bonchev–Trinajstić information content (AvgIpc) is 2.75. The summed E-state index contributed by atoms with van der Waals surface area (Å²) in [5, 5.41) is 0.165. The fourth-order valence-electron chi connectivity index (χ4n) is 1.96. The number of aromatic nitrogens is 2. The molecule has 0 aliphatic carbocycles. The van der Waals surface area contributed by atoms with E-state index in [-0.39, 0.29) is 16.9 Å². The van der Waals surface area contributed by atoms with E-state index in [1.807, 2.05) is 0 Å². The molecule has 0 amide bonds. The Morgan fingerprint density at radius 3 is 2.73 bits per heavy atom. The Hall–Kier alpha value is -1.90. The van der Waals surface area contributed by atoms with Gasteiger partial charge in [0.15, 0.2) is 0 Å². The van der Waals surface area contributed by atoms with Crippen molar-refractivity contribution in [2.75, 3.05) is 6.61 Å². The molecule has 9 heteroatoms. The van der Waals surface area contributed by atoms with Gasteiger partial charge in [0.1, 0.15) is 9.71 Å². The third-order valence-corrected chi connectivity index (χ3v) is 4.19. The summed E-state index contributed by atoms with van der Waals surface area (Å²) in [7, 11) is 0. The topological polar surface area (TPSA) is 61.2 Å². The van der Waals surface area contributed by atoms with Crippen LogP contribution in [0, 0.1) is 6.92 Å². The first kappa shape index (κ1) is 16.5. The molecule has 0 unspecified atom stereocenters. The number of nitrogens with zero attached hydrogens (tertiary/aromatic N) is 2. The molecule has 0 aliphatic heterocycles. The number of esters is 1. The Morgan fingerprint density at radius 1 is 1.45 bits per heavy atom. The molecule has 22 heavy (non-hydrogen) atoms. The molecule has 2 aromatic heterocycles. The summed E-state index contributed by atoms with van der Waals surface area (Å²) in [6.45, 7) is 2.90. The Bertz CT molecular complexity index is 764. The number of carbonyl (C=O) groups is 1. The van der Waals surface area contributed by atoms with Crippen LogP contribution >= 0.6 is 11.3 Å². The van der Waals surface area contributed by atoms with E-state index in [1.54, 1.807) is 13.8 Å². The summed E-state index contributed by atoms with van der Waals surface area (Å²) in [6, 6.07) is 0. The van der Waals surface area contributed by atoms with E-state index in [0.717, 1.165) is 22.2 Å². The summed E-state index contributed by atoms with van der Waals surface area (Å²) < 4.78 is 42.6. The summed E-state index contributed by atoms with van der Waals surface area (Å²) in [5.41, 5.74) is -0.198. The van der Waals surface area contributed by atoms with E-state index in [1.165, 1.54) is 0 Å². The SMILES string of the molecule is CCOC(=O)c1sc2ncn(CCC(F)(F)F)c(=O)c2c1C. The van der Waals surface area contributed by atoms with Crippen molar-refractivity contribution in [2.24, 2.45) is 0 Å². The molecule has 0 saturated heterocycles. The zero-order chi connectivity index (χ0) is 16.5. The first-order valence-corrected chi connectivity index (χ1v) is 7.28. The number of carbonyl (C=O) groups excluding carboxylic acids is 1. The second-order valence-electron chi connectivity index (χ2n) is 4.57. The van der Waals surface area contributed by atoms with Gasteiger partial charge in [-0.3, -0.25) is 9.36 Å². The van der Waals surface area contributed by atoms with Crippen molar-refractivity contribution >= 4 is 27.5 Å². The van der Waals surface area contributed by atoms with Crippen LogP contribution in [0.25, 0.3) is 10.2 Å². The number of hydrogen-bond donors (Lipinski definition) is 0. The Morgan fingerprint density at radius 2 is 2.14 bits per heavy atom. The number of aryl methyl sites for hydroxylation is 2. The summed E-state index contributed by atoms with van der Waals surface area (Å²) >= 11 is 0.997. The molecule has 2 heterocycles. The largest absolute Gasteiger partial charge is 0.462 e. The highest BCUT2D eigenvalue weighted by atomic mass is 32.1. The molecule has 120 valence electrons. The molecule has 0 N–H and O–H groups in total. The van der Waals surface area contributed by atoms with Crippen molar-refractivity contribution in [1.29, 1.82) is 0 Å². The molecule has 2 aromatic rings. The molecule has 0 spiro atoms. The summed E-state index contributed by atoms with van der Waals surface area (Å²) in [6.07, 6.45) is -4.40. The molecular weight excluding hydrogens is 321 g/mol. The zero-order valence-electron chi connectivity index (χ0n) is 11.9. The molecule has 5 nitrogen and oxygen atoms in total. The average molecular weight is 334 g/mol. The van der Waals surface area contributed by atoms with Gasteiger partial charge in [-0.25, -0.2) is 9.78 Å². The molecule has 0 bridgehead atoms. The maximum absolute atomic E-state index is 12.3. The van der Waals surface area contributed by atoms with E-state index in [9.17, 15) is 22.8 Å². The molecular formula is C13H13F3N2O3S. The van der Waals surface area contributed by atoms with Crippen LogP contribution in [-0.2, 0) is 11.3 Å². The lowest BCUT2D eigenvalue weighted by atomic mass is 10.2. The number of rotatable bonds is 4. The minimum absolute atomic E-state index is 0.165. The minimum atomic E-state index is -4.35. The number of halogens is 3. The van der Waals surface area contributed by atoms with Crippen LogP contribution in [0.5, 0.6) is 0 Å². The maximum atomic E-state index is 12.3. The molecule has 0 aliphatic rings. The van der Waals surface area contributed by atoms with Crippen LogP contribution in [0.15, 0.2) is 11.1 Å². The number of ether oxygens (including phenoxy) is 1. The third-order valence-electron chi connectivity index (χ3n) is 3.01. The molecule has 0 fully saturated rings. The predicted octanol–water partition coefficient (Wildman–Crippen LogP) is 2.90. The van der Waals surface area contributed by atoms with Crippen LogP contribution < -0.4 is 5.56 Å². The van der Waals surface area contributed by atoms with Crippen molar-refractivity contribution in [2.45, 2.75) is 33.0 Å². The van der Waals surface area contributed by atoms with E-state index >= 15 is 0 Å². The van der Waals surface area contributed by atoms with Crippen molar-refractivity contribution in [1.82, 2.24) is 9.55 Å². The quantitative estimate of drug-likeness (QED) is 0.807. The molecule has 2 rings (SSSR count). The minimum Gasteiger partial charge on any atom is -0.462 e. The smallest absolute Gasteiger partial charge is 0.390 e. The van der Waals surface area contributed by atoms with E-state index in [4.69, 9.17) is 4.74 Å². The Labute approximate surface area is 127 Å². The van der Waals surface area contributed by atoms with Gasteiger partial charge in [0.2, 0.25) is 0 Å². The van der Waals surface area contributed by atoms with Gasteiger partial charge in [-0.1, -0.05) is 0 Å². The first-order chi connectivity index (χ1) is 10.2. The standard InChI is InChI=1S/C13H13F3N2O3S/c1-3-21-12(20)9-7(2)8-10(22-9)17-6-18(11(8)19)5-4-13(14,15)16/h6H,3-5H2,1-2H3. The third kappa shape index (κ3) is 3.29. The highest BCUT2D eigenvalue weighted by Crippen LogP contribution is 2.27. The lowest BCUT2D eigenvalue weighted by Crippen LogP contribution is -2.23. The van der Waals surface area contributed by atoms with Gasteiger partial charge < -0.3 is 4.74 Å². The van der Waals surface area contributed by atoms with Gasteiger partial charge in [0.05, 0.1) is 24.7 Å². The van der Waals surface area contributed by atoms with Crippen molar-refractivity contribution in [3.63, 3.8) is 0 Å². The first-order valence-electron chi connectivity index (χ1n) is 6.47. The molecule has 0 radical (unpaired) electrons. The van der Waals surface area contributed by atoms with Crippen LogP contribution in [-0.4, -0.2) is 28.3 Å². The monoisotopic (exact) mass is 334 g/mol. The summed E-state index contributed by atoms with van der Waals surface area (Å²) in [4.78, 5) is 28.6. The van der Waals surface area contributed by atoms with Gasteiger partial charge in [0.25, 0.3) is 5.56 Å². The molecule has 0 saturated carbocycles. The van der Waals surface area contributed by atoms with Gasteiger partial charge in [-0.2, -0.15) is 13.2 Å². The van der Waals surface area contributed by atoms with Crippen molar-refractivity contribution in [3.8, 4) is 0 Å². The van der Waals surface area contributed by atoms with Gasteiger partial charge in [-0.05, 0) is 19.4 Å². The van der Waals surface area contributed by atoms with E-state index in [2.05, 4.69) is 4.98 Å². The Kier molecular flexibility index (Phi) is 4.55. The van der Waals surface area contributed by atoms with Crippen LogP contribution in [0.2, 0.25) is 0 Å². The van der Waals surface area contributed by atoms with E-state index < -0.39 is 30.7 Å².